The van der Waals surface area contributed by atoms with Crippen LogP contribution in [0.4, 0.5) is 5.82 Å². The summed E-state index contributed by atoms with van der Waals surface area (Å²) in [7, 11) is 0. The smallest absolute Gasteiger partial charge is 0.251 e. The molecule has 3 saturated heterocycles. The van der Waals surface area contributed by atoms with E-state index in [1.165, 1.54) is 18.5 Å². The van der Waals surface area contributed by atoms with Gasteiger partial charge in [0.25, 0.3) is 5.91 Å². The molecule has 2 bridgehead atoms. The summed E-state index contributed by atoms with van der Waals surface area (Å²) >= 11 is 0. The van der Waals surface area contributed by atoms with Gasteiger partial charge in [-0.15, -0.1) is 0 Å². The van der Waals surface area contributed by atoms with Crippen molar-refractivity contribution < 1.29 is 9.53 Å². The van der Waals surface area contributed by atoms with Crippen molar-refractivity contribution in [3.05, 3.63) is 54.0 Å². The Kier molecular flexibility index (Phi) is 3.91. The molecule has 150 valence electrons. The summed E-state index contributed by atoms with van der Waals surface area (Å²) in [6, 6.07) is 11.6. The van der Waals surface area contributed by atoms with E-state index in [1.807, 2.05) is 30.3 Å². The quantitative estimate of drug-likeness (QED) is 0.850. The van der Waals surface area contributed by atoms with Gasteiger partial charge >= 0.3 is 0 Å². The van der Waals surface area contributed by atoms with E-state index in [4.69, 9.17) is 4.74 Å². The first-order chi connectivity index (χ1) is 14.2. The molecule has 1 aromatic heterocycles. The lowest BCUT2D eigenvalue weighted by Gasteiger charge is -2.29. The average molecular weight is 390 g/mol. The summed E-state index contributed by atoms with van der Waals surface area (Å²) in [4.78, 5) is 23.9. The van der Waals surface area contributed by atoms with E-state index in [1.54, 1.807) is 6.33 Å². The van der Waals surface area contributed by atoms with Crippen molar-refractivity contribution >= 4 is 11.7 Å². The monoisotopic (exact) mass is 390 g/mol. The number of amides is 1. The molecule has 1 spiro atoms. The number of benzene rings is 1. The lowest BCUT2D eigenvalue weighted by atomic mass is 9.73. The van der Waals surface area contributed by atoms with Crippen LogP contribution in [0.3, 0.4) is 0 Å². The lowest BCUT2D eigenvalue weighted by Crippen LogP contribution is -2.41. The fraction of sp³-hybridized carbons (Fsp3) is 0.522. The first-order valence-electron chi connectivity index (χ1n) is 10.8. The van der Waals surface area contributed by atoms with Crippen LogP contribution in [0.2, 0.25) is 0 Å². The van der Waals surface area contributed by atoms with Gasteiger partial charge in [0.1, 0.15) is 12.1 Å². The highest BCUT2D eigenvalue weighted by atomic mass is 16.5. The number of carbonyl (C=O) groups is 1. The third kappa shape index (κ3) is 2.92. The Morgan fingerprint density at radius 3 is 2.90 bits per heavy atom. The summed E-state index contributed by atoms with van der Waals surface area (Å²) in [6.45, 7) is 2.53. The van der Waals surface area contributed by atoms with Gasteiger partial charge in [-0.05, 0) is 37.8 Å². The number of fused-ring (bicyclic) bond motifs is 1. The van der Waals surface area contributed by atoms with Gasteiger partial charge in [0, 0.05) is 54.7 Å². The topological polar surface area (TPSA) is 67.4 Å². The van der Waals surface area contributed by atoms with Gasteiger partial charge in [-0.25, -0.2) is 9.97 Å². The van der Waals surface area contributed by atoms with E-state index in [2.05, 4.69) is 26.3 Å². The second-order valence-electron chi connectivity index (χ2n) is 9.06. The van der Waals surface area contributed by atoms with Crippen LogP contribution in [-0.2, 0) is 4.74 Å². The number of hydrogen-bond acceptors (Lipinski definition) is 5. The molecule has 0 radical (unpaired) electrons. The minimum Gasteiger partial charge on any atom is -0.369 e. The summed E-state index contributed by atoms with van der Waals surface area (Å²) in [5.41, 5.74) is 1.83. The maximum Gasteiger partial charge on any atom is 0.251 e. The summed E-state index contributed by atoms with van der Waals surface area (Å²) < 4.78 is 6.54. The SMILES string of the molecule is O=C(NC[C@H]1[C@H]2CN(c3cc(C4CC4)ncn3)C[C@]23CC[C@H]1O3)c1ccccc1. The number of ether oxygens (including phenoxy) is 1. The third-order valence-electron chi connectivity index (χ3n) is 7.31. The van der Waals surface area contributed by atoms with E-state index in [9.17, 15) is 4.79 Å². The van der Waals surface area contributed by atoms with Gasteiger partial charge in [-0.3, -0.25) is 4.79 Å². The molecule has 29 heavy (non-hydrogen) atoms. The number of nitrogens with zero attached hydrogens (tertiary/aromatic N) is 3. The van der Waals surface area contributed by atoms with Crippen LogP contribution in [0, 0.1) is 11.8 Å². The van der Waals surface area contributed by atoms with Crippen LogP contribution >= 0.6 is 0 Å². The van der Waals surface area contributed by atoms with E-state index in [0.717, 1.165) is 31.7 Å². The molecule has 1 aliphatic carbocycles. The van der Waals surface area contributed by atoms with Crippen molar-refractivity contribution in [3.63, 3.8) is 0 Å². The summed E-state index contributed by atoms with van der Waals surface area (Å²) in [5.74, 6) is 2.47. The molecule has 1 saturated carbocycles. The Labute approximate surface area is 170 Å². The van der Waals surface area contributed by atoms with Crippen LogP contribution in [0.5, 0.6) is 0 Å². The van der Waals surface area contributed by atoms with Crippen LogP contribution in [0.25, 0.3) is 0 Å². The Hall–Kier alpha value is -2.47. The molecule has 4 aliphatic rings. The number of carbonyl (C=O) groups excluding carboxylic acids is 1. The molecule has 6 rings (SSSR count). The molecule has 0 unspecified atom stereocenters. The normalized spacial score (nSPS) is 32.4. The van der Waals surface area contributed by atoms with E-state index >= 15 is 0 Å². The van der Waals surface area contributed by atoms with E-state index < -0.39 is 0 Å². The summed E-state index contributed by atoms with van der Waals surface area (Å²) in [6.07, 6.45) is 6.68. The average Bonchev–Trinajstić information content (AvgIpc) is 3.34. The Morgan fingerprint density at radius 2 is 2.07 bits per heavy atom. The van der Waals surface area contributed by atoms with E-state index in [0.29, 0.717) is 29.9 Å². The second kappa shape index (κ2) is 6.52. The van der Waals surface area contributed by atoms with Gasteiger partial charge in [0.2, 0.25) is 0 Å². The highest BCUT2D eigenvalue weighted by Crippen LogP contribution is 2.55. The molecule has 1 aromatic carbocycles. The molecule has 4 fully saturated rings. The van der Waals surface area contributed by atoms with Gasteiger partial charge in [-0.1, -0.05) is 18.2 Å². The number of anilines is 1. The molecule has 4 heterocycles. The minimum absolute atomic E-state index is 0.00199. The summed E-state index contributed by atoms with van der Waals surface area (Å²) in [5, 5.41) is 3.16. The fourth-order valence-corrected chi connectivity index (χ4v) is 5.68. The van der Waals surface area contributed by atoms with Gasteiger partial charge in [0.15, 0.2) is 0 Å². The largest absolute Gasteiger partial charge is 0.369 e. The van der Waals surface area contributed by atoms with Crippen molar-refractivity contribution in [1.82, 2.24) is 15.3 Å². The molecule has 3 aliphatic heterocycles. The number of hydrogen-bond donors (Lipinski definition) is 1. The molecule has 2 aromatic rings. The van der Waals surface area contributed by atoms with Crippen molar-refractivity contribution in [2.75, 3.05) is 24.5 Å². The van der Waals surface area contributed by atoms with Crippen molar-refractivity contribution in [1.29, 1.82) is 0 Å². The molecular weight excluding hydrogens is 364 g/mol. The molecule has 6 heteroatoms. The van der Waals surface area contributed by atoms with Crippen LogP contribution in [0.15, 0.2) is 42.7 Å². The fourth-order valence-electron chi connectivity index (χ4n) is 5.68. The van der Waals surface area contributed by atoms with E-state index in [-0.39, 0.29) is 17.6 Å². The molecule has 1 N–H and O–H groups in total. The zero-order valence-corrected chi connectivity index (χ0v) is 16.5. The maximum atomic E-state index is 12.5. The van der Waals surface area contributed by atoms with Crippen molar-refractivity contribution in [3.8, 4) is 0 Å². The van der Waals surface area contributed by atoms with Crippen molar-refractivity contribution in [2.45, 2.75) is 43.3 Å². The van der Waals surface area contributed by atoms with Gasteiger partial charge in [0.05, 0.1) is 11.7 Å². The molecule has 4 atom stereocenters. The highest BCUT2D eigenvalue weighted by Gasteiger charge is 2.63. The minimum atomic E-state index is -0.0719. The van der Waals surface area contributed by atoms with Crippen LogP contribution in [-0.4, -0.2) is 47.2 Å². The molecule has 1 amide bonds. The highest BCUT2D eigenvalue weighted by molar-refractivity contribution is 5.94. The Balaban J connectivity index is 1.17. The molecule has 6 nitrogen and oxygen atoms in total. The van der Waals surface area contributed by atoms with Crippen LogP contribution < -0.4 is 10.2 Å². The number of nitrogens with one attached hydrogen (secondary N) is 1. The van der Waals surface area contributed by atoms with Crippen LogP contribution in [0.1, 0.15) is 47.7 Å². The Morgan fingerprint density at radius 1 is 1.21 bits per heavy atom. The first-order valence-corrected chi connectivity index (χ1v) is 10.8. The molecular formula is C23H26N4O2. The Bertz CT molecular complexity index is 931. The predicted molar refractivity (Wildman–Crippen MR) is 109 cm³/mol. The van der Waals surface area contributed by atoms with Crippen molar-refractivity contribution in [2.24, 2.45) is 11.8 Å². The second-order valence-corrected chi connectivity index (χ2v) is 9.06. The predicted octanol–water partition coefficient (Wildman–Crippen LogP) is 2.77. The third-order valence-corrected chi connectivity index (χ3v) is 7.31. The van der Waals surface area contributed by atoms with Gasteiger partial charge in [-0.2, -0.15) is 0 Å². The number of rotatable bonds is 5. The zero-order valence-electron chi connectivity index (χ0n) is 16.5. The lowest BCUT2D eigenvalue weighted by molar-refractivity contribution is 0.0141. The maximum absolute atomic E-state index is 12.5. The van der Waals surface area contributed by atoms with Gasteiger partial charge < -0.3 is 15.0 Å². The zero-order chi connectivity index (χ0) is 19.4. The first kappa shape index (κ1) is 17.4. The number of aromatic nitrogens is 2. The standard InChI is InChI=1S/C23H26N4O2/c28-22(16-4-2-1-3-5-16)24-11-17-18-12-27(13-23(18)9-8-20(17)29-23)21-10-19(15-6-7-15)25-14-26-21/h1-5,10,14-15,17-18,20H,6-9,11-13H2,(H,24,28)/t17-,18+,20+,23+/m0/s1.